The fraction of sp³-hybridized carbons (Fsp3) is 0.545. The van der Waals surface area contributed by atoms with Gasteiger partial charge in [0.05, 0.1) is 30.2 Å². The Hall–Kier alpha value is -1.46. The molecule has 1 aromatic heterocycles. The Morgan fingerprint density at radius 1 is 1.29 bits per heavy atom. The number of rotatable bonds is 5. The molecule has 1 rings (SSSR count). The molecule has 0 aliphatic heterocycles. The van der Waals surface area contributed by atoms with Crippen LogP contribution < -0.4 is 10.6 Å². The van der Waals surface area contributed by atoms with E-state index in [2.05, 4.69) is 15.6 Å². The van der Waals surface area contributed by atoms with Crippen molar-refractivity contribution in [1.82, 2.24) is 4.98 Å². The van der Waals surface area contributed by atoms with Gasteiger partial charge in [-0.25, -0.2) is 0 Å². The Balaban J connectivity index is 2.58. The van der Waals surface area contributed by atoms with E-state index < -0.39 is 18.6 Å². The first kappa shape index (κ1) is 13.6. The van der Waals surface area contributed by atoms with E-state index in [0.717, 1.165) is 12.2 Å². The van der Waals surface area contributed by atoms with Gasteiger partial charge in [-0.2, -0.15) is 13.2 Å². The Bertz CT molecular complexity index is 352. The third-order valence-corrected chi connectivity index (χ3v) is 2.07. The van der Waals surface area contributed by atoms with Crippen molar-refractivity contribution in [1.29, 1.82) is 0 Å². The molecule has 0 aliphatic carbocycles. The van der Waals surface area contributed by atoms with Gasteiger partial charge in [-0.1, -0.05) is 0 Å². The van der Waals surface area contributed by atoms with Gasteiger partial charge in [0.1, 0.15) is 0 Å². The van der Waals surface area contributed by atoms with Crippen LogP contribution in [0.2, 0.25) is 0 Å². The first-order chi connectivity index (χ1) is 7.90. The van der Waals surface area contributed by atoms with Gasteiger partial charge >= 0.3 is 6.18 Å². The molecule has 1 atom stereocenters. The maximum Gasteiger partial charge on any atom is 0.391 e. The highest BCUT2D eigenvalue weighted by Gasteiger charge is 2.29. The summed E-state index contributed by atoms with van der Waals surface area (Å²) in [7, 11) is 0. The number of pyridine rings is 1. The van der Waals surface area contributed by atoms with Gasteiger partial charge in [0.2, 0.25) is 0 Å². The van der Waals surface area contributed by atoms with Crippen LogP contribution in [0.25, 0.3) is 0 Å². The summed E-state index contributed by atoms with van der Waals surface area (Å²) in [6, 6.07) is 1.07. The largest absolute Gasteiger partial charge is 0.391 e. The molecular formula is C11H16F3N3. The van der Waals surface area contributed by atoms with E-state index in [1.165, 1.54) is 13.1 Å². The van der Waals surface area contributed by atoms with Crippen LogP contribution in [0, 0.1) is 0 Å². The quantitative estimate of drug-likeness (QED) is 0.838. The van der Waals surface area contributed by atoms with Crippen LogP contribution in [0.4, 0.5) is 24.5 Å². The monoisotopic (exact) mass is 247 g/mol. The lowest BCUT2D eigenvalue weighted by Gasteiger charge is -2.17. The average Bonchev–Trinajstić information content (AvgIpc) is 2.15. The van der Waals surface area contributed by atoms with Crippen LogP contribution in [0.1, 0.15) is 20.3 Å². The summed E-state index contributed by atoms with van der Waals surface area (Å²) in [6.07, 6.45) is -1.88. The van der Waals surface area contributed by atoms with Gasteiger partial charge < -0.3 is 10.6 Å². The van der Waals surface area contributed by atoms with Crippen molar-refractivity contribution in [3.8, 4) is 0 Å². The molecule has 0 aliphatic rings. The smallest absolute Gasteiger partial charge is 0.384 e. The first-order valence-corrected chi connectivity index (χ1v) is 5.43. The summed E-state index contributed by atoms with van der Waals surface area (Å²) >= 11 is 0. The molecule has 6 heteroatoms. The predicted molar refractivity (Wildman–Crippen MR) is 62.2 cm³/mol. The van der Waals surface area contributed by atoms with E-state index >= 15 is 0 Å². The van der Waals surface area contributed by atoms with Crippen LogP contribution in [0.3, 0.4) is 0 Å². The average molecular weight is 247 g/mol. The molecule has 0 fully saturated rings. The van der Waals surface area contributed by atoms with Crippen LogP contribution >= 0.6 is 0 Å². The van der Waals surface area contributed by atoms with Crippen LogP contribution in [0.5, 0.6) is 0 Å². The lowest BCUT2D eigenvalue weighted by atomic mass is 10.2. The Morgan fingerprint density at radius 3 is 2.53 bits per heavy atom. The van der Waals surface area contributed by atoms with Gasteiger partial charge in [-0.3, -0.25) is 4.98 Å². The second-order valence-electron chi connectivity index (χ2n) is 3.86. The van der Waals surface area contributed by atoms with Crippen molar-refractivity contribution >= 4 is 11.4 Å². The number of hydrogen-bond acceptors (Lipinski definition) is 3. The van der Waals surface area contributed by atoms with Crippen molar-refractivity contribution in [3.63, 3.8) is 0 Å². The fourth-order valence-corrected chi connectivity index (χ4v) is 1.50. The number of anilines is 2. The van der Waals surface area contributed by atoms with Gasteiger partial charge in [0.25, 0.3) is 0 Å². The number of alkyl halides is 3. The fourth-order valence-electron chi connectivity index (χ4n) is 1.50. The van der Waals surface area contributed by atoms with E-state index in [4.69, 9.17) is 0 Å². The maximum atomic E-state index is 12.1. The van der Waals surface area contributed by atoms with E-state index in [1.54, 1.807) is 12.3 Å². The summed E-state index contributed by atoms with van der Waals surface area (Å²) in [5.41, 5.74) is 1.37. The topological polar surface area (TPSA) is 37.0 Å². The molecule has 96 valence electrons. The normalized spacial score (nSPS) is 13.2. The number of nitrogens with zero attached hydrogens (tertiary/aromatic N) is 1. The molecule has 0 bridgehead atoms. The zero-order valence-corrected chi connectivity index (χ0v) is 9.80. The van der Waals surface area contributed by atoms with Crippen molar-refractivity contribution in [2.75, 3.05) is 17.2 Å². The molecule has 0 aromatic carbocycles. The third-order valence-electron chi connectivity index (χ3n) is 2.07. The SMILES string of the molecule is CCNc1cncc(NC(C)CC(F)(F)F)c1. The second-order valence-corrected chi connectivity index (χ2v) is 3.86. The van der Waals surface area contributed by atoms with E-state index in [-0.39, 0.29) is 0 Å². The Morgan fingerprint density at radius 2 is 1.94 bits per heavy atom. The van der Waals surface area contributed by atoms with Gasteiger partial charge in [-0.15, -0.1) is 0 Å². The summed E-state index contributed by atoms with van der Waals surface area (Å²) in [6.45, 7) is 4.17. The van der Waals surface area contributed by atoms with E-state index in [0.29, 0.717) is 5.69 Å². The number of hydrogen-bond donors (Lipinski definition) is 2. The number of nitrogens with one attached hydrogen (secondary N) is 2. The summed E-state index contributed by atoms with van der Waals surface area (Å²) < 4.78 is 36.4. The molecule has 3 nitrogen and oxygen atoms in total. The molecule has 0 radical (unpaired) electrons. The molecule has 0 saturated heterocycles. The molecular weight excluding hydrogens is 231 g/mol. The number of aromatic nitrogens is 1. The van der Waals surface area contributed by atoms with Crippen molar-refractivity contribution in [3.05, 3.63) is 18.5 Å². The highest BCUT2D eigenvalue weighted by molar-refractivity contribution is 5.54. The van der Waals surface area contributed by atoms with Crippen molar-refractivity contribution in [2.24, 2.45) is 0 Å². The number of halogens is 3. The summed E-state index contributed by atoms with van der Waals surface area (Å²) in [4.78, 5) is 3.95. The highest BCUT2D eigenvalue weighted by atomic mass is 19.4. The van der Waals surface area contributed by atoms with Crippen LogP contribution in [-0.4, -0.2) is 23.7 Å². The highest BCUT2D eigenvalue weighted by Crippen LogP contribution is 2.23. The van der Waals surface area contributed by atoms with Gasteiger partial charge in [0.15, 0.2) is 0 Å². The Labute approximate surface area is 98.4 Å². The molecule has 2 N–H and O–H groups in total. The summed E-state index contributed by atoms with van der Waals surface area (Å²) in [5.74, 6) is 0. The molecule has 0 amide bonds. The standard InChI is InChI=1S/C11H16F3N3/c1-3-16-9-4-10(7-15-6-9)17-8(2)5-11(12,13)14/h4,6-8,16-17H,3,5H2,1-2H3. The summed E-state index contributed by atoms with van der Waals surface area (Å²) in [5, 5.41) is 5.82. The molecule has 0 saturated carbocycles. The zero-order chi connectivity index (χ0) is 12.9. The van der Waals surface area contributed by atoms with E-state index in [9.17, 15) is 13.2 Å². The predicted octanol–water partition coefficient (Wildman–Crippen LogP) is 3.27. The minimum atomic E-state index is -4.15. The van der Waals surface area contributed by atoms with Crippen molar-refractivity contribution in [2.45, 2.75) is 32.5 Å². The lowest BCUT2D eigenvalue weighted by Crippen LogP contribution is -2.23. The minimum Gasteiger partial charge on any atom is -0.384 e. The molecule has 1 unspecified atom stereocenters. The van der Waals surface area contributed by atoms with Gasteiger partial charge in [0, 0.05) is 12.6 Å². The second kappa shape index (κ2) is 5.75. The van der Waals surface area contributed by atoms with Gasteiger partial charge in [-0.05, 0) is 19.9 Å². The van der Waals surface area contributed by atoms with E-state index in [1.807, 2.05) is 6.92 Å². The van der Waals surface area contributed by atoms with Crippen molar-refractivity contribution < 1.29 is 13.2 Å². The Kier molecular flexibility index (Phi) is 4.60. The first-order valence-electron chi connectivity index (χ1n) is 5.43. The maximum absolute atomic E-state index is 12.1. The molecule has 17 heavy (non-hydrogen) atoms. The van der Waals surface area contributed by atoms with Crippen LogP contribution in [-0.2, 0) is 0 Å². The lowest BCUT2D eigenvalue weighted by molar-refractivity contribution is -0.136. The third kappa shape index (κ3) is 5.42. The van der Waals surface area contributed by atoms with Crippen LogP contribution in [0.15, 0.2) is 18.5 Å². The molecule has 1 heterocycles. The molecule has 0 spiro atoms. The molecule has 1 aromatic rings. The zero-order valence-electron chi connectivity index (χ0n) is 9.80. The minimum absolute atomic E-state index is 0.584.